The Morgan fingerprint density at radius 3 is 2.25 bits per heavy atom. The summed E-state index contributed by atoms with van der Waals surface area (Å²) in [6.45, 7) is 10.2. The first-order valence-corrected chi connectivity index (χ1v) is 13.0. The lowest BCUT2D eigenvalue weighted by Crippen LogP contribution is -2.55. The first-order valence-electron chi connectivity index (χ1n) is 10.1. The fraction of sp³-hybridized carbons (Fsp3) is 0.714. The number of hydrogen-bond donors (Lipinski definition) is 0. The summed E-state index contributed by atoms with van der Waals surface area (Å²) in [6.07, 6.45) is 11.0. The molecule has 3 heteroatoms. The SMILES string of the molecule is CCO[Si](C)(C)C1CCCCCCCCCN1Cc1ccccc1. The molecular formula is C21H37NOSi. The Labute approximate surface area is 150 Å². The molecule has 24 heavy (non-hydrogen) atoms. The van der Waals surface area contributed by atoms with Crippen LogP contribution in [0.5, 0.6) is 0 Å². The van der Waals surface area contributed by atoms with E-state index in [1.165, 1.54) is 63.5 Å². The van der Waals surface area contributed by atoms with Crippen LogP contribution in [0.1, 0.15) is 63.9 Å². The zero-order valence-electron chi connectivity index (χ0n) is 16.1. The van der Waals surface area contributed by atoms with Gasteiger partial charge in [0.05, 0.1) is 0 Å². The second-order valence-electron chi connectivity index (χ2n) is 7.77. The molecule has 0 aromatic heterocycles. The number of nitrogens with zero attached hydrogens (tertiary/aromatic N) is 1. The minimum atomic E-state index is -1.70. The highest BCUT2D eigenvalue weighted by Gasteiger charge is 2.37. The molecular weight excluding hydrogens is 310 g/mol. The van der Waals surface area contributed by atoms with Gasteiger partial charge in [-0.15, -0.1) is 0 Å². The van der Waals surface area contributed by atoms with E-state index in [0.29, 0.717) is 5.67 Å². The van der Waals surface area contributed by atoms with Crippen molar-refractivity contribution >= 4 is 8.32 Å². The molecule has 1 unspecified atom stereocenters. The van der Waals surface area contributed by atoms with Crippen LogP contribution in [0.25, 0.3) is 0 Å². The molecule has 2 nitrogen and oxygen atoms in total. The van der Waals surface area contributed by atoms with Crippen molar-refractivity contribution in [1.29, 1.82) is 0 Å². The van der Waals surface area contributed by atoms with Gasteiger partial charge in [-0.1, -0.05) is 68.9 Å². The average molecular weight is 348 g/mol. The number of benzene rings is 1. The van der Waals surface area contributed by atoms with E-state index in [4.69, 9.17) is 4.43 Å². The topological polar surface area (TPSA) is 12.5 Å². The monoisotopic (exact) mass is 347 g/mol. The third kappa shape index (κ3) is 6.34. The maximum absolute atomic E-state index is 6.33. The molecule has 0 N–H and O–H groups in total. The van der Waals surface area contributed by atoms with Crippen molar-refractivity contribution in [2.75, 3.05) is 13.2 Å². The third-order valence-electron chi connectivity index (χ3n) is 5.41. The minimum absolute atomic E-state index is 0.635. The van der Waals surface area contributed by atoms with Crippen LogP contribution in [0, 0.1) is 0 Å². The van der Waals surface area contributed by atoms with Crippen molar-refractivity contribution in [1.82, 2.24) is 4.90 Å². The predicted molar refractivity (Wildman–Crippen MR) is 107 cm³/mol. The lowest BCUT2D eigenvalue weighted by molar-refractivity contribution is 0.189. The van der Waals surface area contributed by atoms with E-state index < -0.39 is 8.32 Å². The zero-order chi connectivity index (χ0) is 17.3. The highest BCUT2D eigenvalue weighted by molar-refractivity contribution is 6.72. The lowest BCUT2D eigenvalue weighted by Gasteiger charge is -2.40. The van der Waals surface area contributed by atoms with Crippen molar-refractivity contribution in [2.45, 2.75) is 83.6 Å². The summed E-state index contributed by atoms with van der Waals surface area (Å²) in [7, 11) is -1.70. The molecule has 2 rings (SSSR count). The summed E-state index contributed by atoms with van der Waals surface area (Å²) < 4.78 is 6.33. The largest absolute Gasteiger partial charge is 0.416 e. The van der Waals surface area contributed by atoms with Gasteiger partial charge >= 0.3 is 0 Å². The van der Waals surface area contributed by atoms with Crippen molar-refractivity contribution in [3.63, 3.8) is 0 Å². The summed E-state index contributed by atoms with van der Waals surface area (Å²) >= 11 is 0. The van der Waals surface area contributed by atoms with Crippen LogP contribution in [-0.2, 0) is 11.0 Å². The second-order valence-corrected chi connectivity index (χ2v) is 11.9. The van der Waals surface area contributed by atoms with Gasteiger partial charge in [-0.3, -0.25) is 4.90 Å². The summed E-state index contributed by atoms with van der Waals surface area (Å²) in [5, 5.41) is 0. The molecule has 1 fully saturated rings. The fourth-order valence-electron chi connectivity index (χ4n) is 4.14. The quantitative estimate of drug-likeness (QED) is 0.627. The van der Waals surface area contributed by atoms with Crippen LogP contribution in [-0.4, -0.2) is 32.0 Å². The van der Waals surface area contributed by atoms with Gasteiger partial charge < -0.3 is 4.43 Å². The predicted octanol–water partition coefficient (Wildman–Crippen LogP) is 5.77. The third-order valence-corrected chi connectivity index (χ3v) is 8.70. The lowest BCUT2D eigenvalue weighted by atomic mass is 10.1. The first kappa shape index (κ1) is 19.7. The molecule has 1 aliphatic heterocycles. The second kappa shape index (κ2) is 10.4. The molecule has 1 atom stereocenters. The highest BCUT2D eigenvalue weighted by Crippen LogP contribution is 2.26. The molecule has 0 aliphatic carbocycles. The molecule has 136 valence electrons. The maximum Gasteiger partial charge on any atom is 0.203 e. The Bertz CT molecular complexity index is 448. The Hall–Kier alpha value is -0.643. The van der Waals surface area contributed by atoms with Crippen molar-refractivity contribution in [3.8, 4) is 0 Å². The summed E-state index contributed by atoms with van der Waals surface area (Å²) in [5.41, 5.74) is 2.08. The Morgan fingerprint density at radius 1 is 0.958 bits per heavy atom. The number of rotatable bonds is 5. The van der Waals surface area contributed by atoms with Crippen molar-refractivity contribution in [3.05, 3.63) is 35.9 Å². The standard InChI is InChI=1S/C21H37NOSi/c1-4-23-24(2,3)21-17-13-8-6-5-7-9-14-18-22(21)19-20-15-11-10-12-16-20/h10-12,15-16,21H,4-9,13-14,17-19H2,1-3H3. The molecule has 1 aromatic rings. The smallest absolute Gasteiger partial charge is 0.203 e. The molecule has 0 radical (unpaired) electrons. The van der Waals surface area contributed by atoms with E-state index in [1.807, 2.05) is 0 Å². The molecule has 1 aromatic carbocycles. The average Bonchev–Trinajstić information content (AvgIpc) is 2.61. The Morgan fingerprint density at radius 2 is 1.58 bits per heavy atom. The van der Waals surface area contributed by atoms with Crippen LogP contribution in [0.15, 0.2) is 30.3 Å². The van der Waals surface area contributed by atoms with Crippen LogP contribution in [0.2, 0.25) is 13.1 Å². The van der Waals surface area contributed by atoms with Gasteiger partial charge in [0.2, 0.25) is 8.32 Å². The van der Waals surface area contributed by atoms with Crippen molar-refractivity contribution in [2.24, 2.45) is 0 Å². The van der Waals surface area contributed by atoms with Gasteiger partial charge in [-0.2, -0.15) is 0 Å². The highest BCUT2D eigenvalue weighted by atomic mass is 28.4. The van der Waals surface area contributed by atoms with Crippen molar-refractivity contribution < 1.29 is 4.43 Å². The van der Waals surface area contributed by atoms with E-state index in [-0.39, 0.29) is 0 Å². The van der Waals surface area contributed by atoms with E-state index in [0.717, 1.165) is 13.2 Å². The van der Waals surface area contributed by atoms with Gasteiger partial charge in [0, 0.05) is 18.8 Å². The summed E-state index contributed by atoms with van der Waals surface area (Å²) in [4.78, 5) is 2.77. The van der Waals surface area contributed by atoms with Gasteiger partial charge in [-0.25, -0.2) is 0 Å². The Balaban J connectivity index is 2.17. The van der Waals surface area contributed by atoms with Gasteiger partial charge in [0.1, 0.15) is 0 Å². The minimum Gasteiger partial charge on any atom is -0.416 e. The summed E-state index contributed by atoms with van der Waals surface area (Å²) in [6, 6.07) is 11.0. The molecule has 0 bridgehead atoms. The van der Waals surface area contributed by atoms with Crippen LogP contribution >= 0.6 is 0 Å². The van der Waals surface area contributed by atoms with E-state index in [9.17, 15) is 0 Å². The Kier molecular flexibility index (Phi) is 8.50. The van der Waals surface area contributed by atoms with E-state index in [1.54, 1.807) is 0 Å². The normalized spacial score (nSPS) is 22.0. The molecule has 1 aliphatic rings. The summed E-state index contributed by atoms with van der Waals surface area (Å²) in [5.74, 6) is 0. The van der Waals surface area contributed by atoms with E-state index in [2.05, 4.69) is 55.2 Å². The molecule has 0 spiro atoms. The molecule has 0 saturated carbocycles. The zero-order valence-corrected chi connectivity index (χ0v) is 17.1. The number of hydrogen-bond acceptors (Lipinski definition) is 2. The van der Waals surface area contributed by atoms with Gasteiger partial charge in [0.15, 0.2) is 0 Å². The maximum atomic E-state index is 6.33. The molecule has 1 heterocycles. The van der Waals surface area contributed by atoms with Gasteiger partial charge in [0.25, 0.3) is 0 Å². The fourth-order valence-corrected chi connectivity index (χ4v) is 7.07. The first-order chi connectivity index (χ1) is 11.6. The van der Waals surface area contributed by atoms with Gasteiger partial charge in [-0.05, 0) is 45.0 Å². The van der Waals surface area contributed by atoms with Crippen LogP contribution < -0.4 is 0 Å². The molecule has 1 saturated heterocycles. The van der Waals surface area contributed by atoms with E-state index >= 15 is 0 Å². The molecule has 0 amide bonds. The van der Waals surface area contributed by atoms with Crippen LogP contribution in [0.4, 0.5) is 0 Å². The van der Waals surface area contributed by atoms with Crippen LogP contribution in [0.3, 0.4) is 0 Å².